The van der Waals surface area contributed by atoms with Gasteiger partial charge >= 0.3 is 12.1 Å². The number of alkyl halides is 3. The van der Waals surface area contributed by atoms with Crippen molar-refractivity contribution in [1.82, 2.24) is 9.78 Å². The van der Waals surface area contributed by atoms with Gasteiger partial charge in [-0.3, -0.25) is 0 Å². The predicted octanol–water partition coefficient (Wildman–Crippen LogP) is 2.43. The summed E-state index contributed by atoms with van der Waals surface area (Å²) in [7, 11) is 0. The third-order valence-electron chi connectivity index (χ3n) is 2.42. The van der Waals surface area contributed by atoms with Crippen LogP contribution >= 0.6 is 0 Å². The van der Waals surface area contributed by atoms with Crippen LogP contribution in [-0.4, -0.2) is 26.0 Å². The van der Waals surface area contributed by atoms with E-state index in [9.17, 15) is 27.5 Å². The van der Waals surface area contributed by atoms with Crippen molar-refractivity contribution in [2.45, 2.75) is 6.18 Å². The molecule has 0 spiro atoms. The van der Waals surface area contributed by atoms with Crippen LogP contribution in [-0.2, 0) is 6.18 Å². The van der Waals surface area contributed by atoms with Crippen molar-refractivity contribution < 1.29 is 32.6 Å². The molecule has 0 saturated heterocycles. The molecular formula is C11H6F4N2O3. The molecule has 0 atom stereocenters. The molecule has 106 valence electrons. The van der Waals surface area contributed by atoms with Gasteiger partial charge in [0.15, 0.2) is 5.75 Å². The second kappa shape index (κ2) is 4.51. The summed E-state index contributed by atoms with van der Waals surface area (Å²) in [5.74, 6) is -3.72. The lowest BCUT2D eigenvalue weighted by molar-refractivity contribution is -0.140. The summed E-state index contributed by atoms with van der Waals surface area (Å²) in [6.07, 6.45) is -4.08. The minimum absolute atomic E-state index is 0.235. The highest BCUT2D eigenvalue weighted by Crippen LogP contribution is 2.32. The van der Waals surface area contributed by atoms with Crippen LogP contribution in [0.5, 0.6) is 5.75 Å². The van der Waals surface area contributed by atoms with Crippen LogP contribution in [0.25, 0.3) is 5.69 Å². The van der Waals surface area contributed by atoms with E-state index >= 15 is 0 Å². The Kier molecular flexibility index (Phi) is 3.12. The number of nitrogens with zero attached hydrogens (tertiary/aromatic N) is 2. The highest BCUT2D eigenvalue weighted by Gasteiger charge is 2.34. The van der Waals surface area contributed by atoms with Gasteiger partial charge < -0.3 is 10.2 Å². The molecular weight excluding hydrogens is 284 g/mol. The third kappa shape index (κ3) is 2.42. The van der Waals surface area contributed by atoms with Crippen LogP contribution in [0.2, 0.25) is 0 Å². The Morgan fingerprint density at radius 3 is 2.45 bits per heavy atom. The number of halogens is 4. The number of rotatable bonds is 2. The van der Waals surface area contributed by atoms with Crippen molar-refractivity contribution in [2.75, 3.05) is 0 Å². The first-order valence-corrected chi connectivity index (χ1v) is 5.09. The Morgan fingerprint density at radius 1 is 1.30 bits per heavy atom. The van der Waals surface area contributed by atoms with Crippen molar-refractivity contribution in [1.29, 1.82) is 0 Å². The zero-order chi connectivity index (χ0) is 15.1. The van der Waals surface area contributed by atoms with Gasteiger partial charge in [0.05, 0.1) is 17.4 Å². The maximum atomic E-state index is 13.1. The lowest BCUT2D eigenvalue weighted by Crippen LogP contribution is -2.10. The molecule has 2 aromatic rings. The first kappa shape index (κ1) is 13.8. The van der Waals surface area contributed by atoms with E-state index in [2.05, 4.69) is 5.10 Å². The second-order valence-electron chi connectivity index (χ2n) is 3.77. The molecule has 5 nitrogen and oxygen atoms in total. The summed E-state index contributed by atoms with van der Waals surface area (Å²) in [6.45, 7) is 0. The van der Waals surface area contributed by atoms with Gasteiger partial charge in [-0.1, -0.05) is 0 Å². The van der Waals surface area contributed by atoms with Crippen LogP contribution in [0.1, 0.15) is 16.1 Å². The first-order valence-electron chi connectivity index (χ1n) is 5.09. The monoisotopic (exact) mass is 290 g/mol. The Labute approximate surface area is 108 Å². The number of carbonyl (C=O) groups is 1. The number of carboxylic acid groups (broad SMARTS) is 1. The number of benzene rings is 1. The van der Waals surface area contributed by atoms with Crippen molar-refractivity contribution in [3.05, 3.63) is 41.5 Å². The van der Waals surface area contributed by atoms with Gasteiger partial charge in [0, 0.05) is 0 Å². The molecule has 9 heteroatoms. The fraction of sp³-hybridized carbons (Fsp3) is 0.0909. The molecule has 0 aliphatic carbocycles. The van der Waals surface area contributed by atoms with Gasteiger partial charge in [0.25, 0.3) is 0 Å². The fourth-order valence-electron chi connectivity index (χ4n) is 1.52. The largest absolute Gasteiger partial charge is 0.504 e. The Balaban J connectivity index is 2.54. The predicted molar refractivity (Wildman–Crippen MR) is 57.1 cm³/mol. The number of aromatic hydroxyl groups is 1. The Morgan fingerprint density at radius 2 is 1.95 bits per heavy atom. The quantitative estimate of drug-likeness (QED) is 0.833. The average molecular weight is 290 g/mol. The van der Waals surface area contributed by atoms with E-state index in [1.807, 2.05) is 0 Å². The van der Waals surface area contributed by atoms with E-state index in [1.54, 1.807) is 0 Å². The molecule has 0 aliphatic heterocycles. The maximum Gasteiger partial charge on any atom is 0.419 e. The van der Waals surface area contributed by atoms with Crippen molar-refractivity contribution in [3.63, 3.8) is 0 Å². The molecule has 0 unspecified atom stereocenters. The molecule has 2 N–H and O–H groups in total. The Hall–Kier alpha value is -2.58. The molecule has 0 fully saturated rings. The number of carboxylic acids is 1. The van der Waals surface area contributed by atoms with Gasteiger partial charge in [-0.2, -0.15) is 18.3 Å². The first-order chi connectivity index (χ1) is 9.20. The lowest BCUT2D eigenvalue weighted by atomic mass is 10.2. The summed E-state index contributed by atoms with van der Waals surface area (Å²) >= 11 is 0. The van der Waals surface area contributed by atoms with Gasteiger partial charge in [0.2, 0.25) is 5.69 Å². The highest BCUT2D eigenvalue weighted by atomic mass is 19.4. The minimum Gasteiger partial charge on any atom is -0.504 e. The molecule has 0 amide bonds. The molecule has 0 radical (unpaired) electrons. The van der Waals surface area contributed by atoms with E-state index in [0.717, 1.165) is 12.3 Å². The van der Waals surface area contributed by atoms with E-state index in [-0.39, 0.29) is 5.69 Å². The van der Waals surface area contributed by atoms with Gasteiger partial charge in [-0.15, -0.1) is 0 Å². The molecule has 0 bridgehead atoms. The number of hydrogen-bond acceptors (Lipinski definition) is 3. The van der Waals surface area contributed by atoms with E-state index < -0.39 is 35.0 Å². The van der Waals surface area contributed by atoms with Crippen molar-refractivity contribution >= 4 is 5.97 Å². The molecule has 1 aromatic carbocycles. The Bertz CT molecular complexity index is 679. The van der Waals surface area contributed by atoms with Crippen LogP contribution < -0.4 is 0 Å². The van der Waals surface area contributed by atoms with Crippen molar-refractivity contribution in [3.8, 4) is 11.4 Å². The fourth-order valence-corrected chi connectivity index (χ4v) is 1.52. The molecule has 1 aromatic heterocycles. The second-order valence-corrected chi connectivity index (χ2v) is 3.77. The maximum absolute atomic E-state index is 13.1. The average Bonchev–Trinajstić information content (AvgIpc) is 2.70. The molecule has 0 aliphatic rings. The molecule has 1 heterocycles. The van der Waals surface area contributed by atoms with E-state index in [0.29, 0.717) is 16.8 Å². The summed E-state index contributed by atoms with van der Waals surface area (Å²) in [4.78, 5) is 10.7. The third-order valence-corrected chi connectivity index (χ3v) is 2.42. The normalized spacial score (nSPS) is 11.6. The molecule has 2 rings (SSSR count). The smallest absolute Gasteiger partial charge is 0.419 e. The number of hydrogen-bond donors (Lipinski definition) is 2. The van der Waals surface area contributed by atoms with Crippen LogP contribution in [0.3, 0.4) is 0 Å². The minimum atomic E-state index is -4.90. The number of aromatic carboxylic acids is 1. The summed E-state index contributed by atoms with van der Waals surface area (Å²) in [5, 5.41) is 21.4. The zero-order valence-electron chi connectivity index (χ0n) is 9.52. The van der Waals surface area contributed by atoms with Gasteiger partial charge in [-0.25, -0.2) is 13.9 Å². The van der Waals surface area contributed by atoms with Crippen LogP contribution in [0, 0.1) is 5.82 Å². The number of aromatic nitrogens is 2. The topological polar surface area (TPSA) is 75.3 Å². The van der Waals surface area contributed by atoms with Crippen LogP contribution in [0.15, 0.2) is 24.4 Å². The van der Waals surface area contributed by atoms with Gasteiger partial charge in [0.1, 0.15) is 5.82 Å². The highest BCUT2D eigenvalue weighted by molar-refractivity contribution is 5.88. The zero-order valence-corrected chi connectivity index (χ0v) is 9.52. The summed E-state index contributed by atoms with van der Waals surface area (Å²) < 4.78 is 51.4. The molecule has 0 saturated carbocycles. The standard InChI is InChI=1S/C11H6F4N2O3/c12-7-2-1-5(3-6(7)11(13,14)15)17-4-8(18)9(16-17)10(19)20/h1-4,18H,(H,19,20). The summed E-state index contributed by atoms with van der Waals surface area (Å²) in [5.41, 5.74) is -2.47. The summed E-state index contributed by atoms with van der Waals surface area (Å²) in [6, 6.07) is 2.02. The molecule has 20 heavy (non-hydrogen) atoms. The van der Waals surface area contributed by atoms with Crippen molar-refractivity contribution in [2.24, 2.45) is 0 Å². The van der Waals surface area contributed by atoms with E-state index in [4.69, 9.17) is 5.11 Å². The SMILES string of the molecule is O=C(O)c1nn(-c2ccc(F)c(C(F)(F)F)c2)cc1O. The van der Waals surface area contributed by atoms with Crippen LogP contribution in [0.4, 0.5) is 17.6 Å². The van der Waals surface area contributed by atoms with Gasteiger partial charge in [-0.05, 0) is 18.2 Å². The van der Waals surface area contributed by atoms with E-state index in [1.165, 1.54) is 0 Å². The lowest BCUT2D eigenvalue weighted by Gasteiger charge is -2.09.